The molecule has 0 aliphatic rings. The lowest BCUT2D eigenvalue weighted by atomic mass is 10.1. The van der Waals surface area contributed by atoms with Gasteiger partial charge in [0.05, 0.1) is 16.9 Å². The van der Waals surface area contributed by atoms with Crippen LogP contribution in [0.3, 0.4) is 0 Å². The summed E-state index contributed by atoms with van der Waals surface area (Å²) >= 11 is 5.91. The number of anilines is 1. The number of nitrogens with one attached hydrogen (secondary N) is 1. The van der Waals surface area contributed by atoms with Gasteiger partial charge in [-0.2, -0.15) is 5.10 Å². The first-order valence-corrected chi connectivity index (χ1v) is 6.41. The van der Waals surface area contributed by atoms with Crippen molar-refractivity contribution < 1.29 is 4.79 Å². The minimum absolute atomic E-state index is 0.111. The Morgan fingerprint density at radius 2 is 1.95 bits per heavy atom. The molecule has 1 heterocycles. The molecule has 19 heavy (non-hydrogen) atoms. The van der Waals surface area contributed by atoms with Crippen molar-refractivity contribution in [2.75, 3.05) is 5.32 Å². The largest absolute Gasteiger partial charge is 0.324 e. The zero-order valence-electron chi connectivity index (χ0n) is 11.2. The Morgan fingerprint density at radius 3 is 2.47 bits per heavy atom. The van der Waals surface area contributed by atoms with Crippen LogP contribution < -0.4 is 5.32 Å². The van der Waals surface area contributed by atoms with E-state index in [0.29, 0.717) is 5.02 Å². The Bertz CT molecular complexity index is 599. The summed E-state index contributed by atoms with van der Waals surface area (Å²) in [6, 6.07) is 5.91. The van der Waals surface area contributed by atoms with Gasteiger partial charge in [-0.25, -0.2) is 0 Å². The quantitative estimate of drug-likeness (QED) is 0.937. The summed E-state index contributed by atoms with van der Waals surface area (Å²) in [6.07, 6.45) is 1.54. The van der Waals surface area contributed by atoms with Crippen LogP contribution in [0.2, 0.25) is 5.02 Å². The summed E-state index contributed by atoms with van der Waals surface area (Å²) in [4.78, 5) is 12.0. The van der Waals surface area contributed by atoms with Crippen molar-refractivity contribution in [2.24, 2.45) is 0 Å². The van der Waals surface area contributed by atoms with Crippen molar-refractivity contribution in [3.05, 3.63) is 46.2 Å². The van der Waals surface area contributed by atoms with E-state index in [-0.39, 0.29) is 12.5 Å². The Hall–Kier alpha value is -1.81. The highest BCUT2D eigenvalue weighted by Crippen LogP contribution is 2.19. The van der Waals surface area contributed by atoms with E-state index >= 15 is 0 Å². The number of carbonyl (C=O) groups excluding carboxylic acids is 1. The molecular formula is C14H16ClN3O. The number of halogens is 1. The van der Waals surface area contributed by atoms with Gasteiger partial charge >= 0.3 is 0 Å². The van der Waals surface area contributed by atoms with Gasteiger partial charge in [0.15, 0.2) is 0 Å². The van der Waals surface area contributed by atoms with Crippen molar-refractivity contribution in [1.29, 1.82) is 0 Å². The van der Waals surface area contributed by atoms with Crippen LogP contribution in [-0.4, -0.2) is 15.7 Å². The van der Waals surface area contributed by atoms with E-state index in [1.807, 2.05) is 39.0 Å². The molecule has 0 saturated carbocycles. The number of nitrogens with zero attached hydrogens (tertiary/aromatic N) is 2. The van der Waals surface area contributed by atoms with Gasteiger partial charge in [0.2, 0.25) is 5.91 Å². The van der Waals surface area contributed by atoms with Crippen LogP contribution in [0.1, 0.15) is 16.8 Å². The molecule has 1 aromatic carbocycles. The summed E-state index contributed by atoms with van der Waals surface area (Å²) in [5.74, 6) is -0.111. The summed E-state index contributed by atoms with van der Waals surface area (Å²) in [5, 5.41) is 7.56. The highest BCUT2D eigenvalue weighted by atomic mass is 35.5. The Morgan fingerprint density at radius 1 is 1.32 bits per heavy atom. The molecule has 0 spiro atoms. The Kier molecular flexibility index (Phi) is 3.90. The molecule has 0 radical (unpaired) electrons. The first kappa shape index (κ1) is 13.6. The SMILES string of the molecule is Cc1cccc(C)c1NC(=O)Cn1ncc(Cl)c1C. The van der Waals surface area contributed by atoms with Crippen LogP contribution >= 0.6 is 11.6 Å². The third-order valence-corrected chi connectivity index (χ3v) is 3.45. The zero-order chi connectivity index (χ0) is 14.0. The molecule has 0 unspecified atom stereocenters. The summed E-state index contributed by atoms with van der Waals surface area (Å²) < 4.78 is 1.59. The van der Waals surface area contributed by atoms with E-state index in [0.717, 1.165) is 22.5 Å². The number of para-hydroxylation sites is 1. The molecule has 1 aromatic heterocycles. The van der Waals surface area contributed by atoms with Crippen LogP contribution in [0.5, 0.6) is 0 Å². The van der Waals surface area contributed by atoms with Crippen molar-refractivity contribution in [1.82, 2.24) is 9.78 Å². The predicted molar refractivity (Wildman–Crippen MR) is 76.5 cm³/mol. The normalized spacial score (nSPS) is 10.5. The molecule has 100 valence electrons. The highest BCUT2D eigenvalue weighted by molar-refractivity contribution is 6.31. The number of rotatable bonds is 3. The number of aromatic nitrogens is 2. The Balaban J connectivity index is 2.12. The molecule has 0 aliphatic heterocycles. The van der Waals surface area contributed by atoms with Crippen molar-refractivity contribution in [3.63, 3.8) is 0 Å². The smallest absolute Gasteiger partial charge is 0.246 e. The molecule has 0 aliphatic carbocycles. The number of amides is 1. The first-order chi connectivity index (χ1) is 8.99. The summed E-state index contributed by atoms with van der Waals surface area (Å²) in [7, 11) is 0. The van der Waals surface area contributed by atoms with Gasteiger partial charge in [-0.15, -0.1) is 0 Å². The lowest BCUT2D eigenvalue weighted by molar-refractivity contribution is -0.116. The van der Waals surface area contributed by atoms with Gasteiger partial charge in [0.1, 0.15) is 6.54 Å². The molecule has 5 heteroatoms. The van der Waals surface area contributed by atoms with Crippen LogP contribution in [0, 0.1) is 20.8 Å². The lowest BCUT2D eigenvalue weighted by Gasteiger charge is -2.12. The second-order valence-corrected chi connectivity index (χ2v) is 4.96. The lowest BCUT2D eigenvalue weighted by Crippen LogP contribution is -2.21. The van der Waals surface area contributed by atoms with Crippen molar-refractivity contribution in [2.45, 2.75) is 27.3 Å². The van der Waals surface area contributed by atoms with Crippen LogP contribution in [0.15, 0.2) is 24.4 Å². The summed E-state index contributed by atoms with van der Waals surface area (Å²) in [6.45, 7) is 5.94. The third-order valence-electron chi connectivity index (χ3n) is 3.08. The monoisotopic (exact) mass is 277 g/mol. The van der Waals surface area contributed by atoms with E-state index < -0.39 is 0 Å². The molecule has 2 rings (SSSR count). The van der Waals surface area contributed by atoms with Gasteiger partial charge in [0.25, 0.3) is 0 Å². The number of carbonyl (C=O) groups is 1. The molecule has 0 atom stereocenters. The van der Waals surface area contributed by atoms with Gasteiger partial charge in [-0.3, -0.25) is 9.48 Å². The third kappa shape index (κ3) is 2.96. The number of hydrogen-bond acceptors (Lipinski definition) is 2. The van der Waals surface area contributed by atoms with E-state index in [2.05, 4.69) is 10.4 Å². The minimum Gasteiger partial charge on any atom is -0.324 e. The topological polar surface area (TPSA) is 46.9 Å². The van der Waals surface area contributed by atoms with Gasteiger partial charge < -0.3 is 5.32 Å². The standard InChI is InChI=1S/C14H16ClN3O/c1-9-5-4-6-10(2)14(9)17-13(19)8-18-11(3)12(15)7-16-18/h4-7H,8H2,1-3H3,(H,17,19). The second-order valence-electron chi connectivity index (χ2n) is 4.55. The Labute approximate surface area is 117 Å². The van der Waals surface area contributed by atoms with E-state index in [4.69, 9.17) is 11.6 Å². The second kappa shape index (κ2) is 5.45. The van der Waals surface area contributed by atoms with E-state index in [9.17, 15) is 4.79 Å². The van der Waals surface area contributed by atoms with Crippen LogP contribution in [0.4, 0.5) is 5.69 Å². The fourth-order valence-electron chi connectivity index (χ4n) is 1.91. The number of aryl methyl sites for hydroxylation is 2. The maximum absolute atomic E-state index is 12.0. The maximum atomic E-state index is 12.0. The minimum atomic E-state index is -0.111. The molecular weight excluding hydrogens is 262 g/mol. The molecule has 0 fully saturated rings. The van der Waals surface area contributed by atoms with E-state index in [1.54, 1.807) is 10.9 Å². The maximum Gasteiger partial charge on any atom is 0.246 e. The zero-order valence-corrected chi connectivity index (χ0v) is 12.0. The average Bonchev–Trinajstić information content (AvgIpc) is 2.66. The van der Waals surface area contributed by atoms with Crippen LogP contribution in [0.25, 0.3) is 0 Å². The molecule has 1 amide bonds. The molecule has 2 aromatic rings. The highest BCUT2D eigenvalue weighted by Gasteiger charge is 2.11. The van der Waals surface area contributed by atoms with Crippen LogP contribution in [-0.2, 0) is 11.3 Å². The molecule has 1 N–H and O–H groups in total. The van der Waals surface area contributed by atoms with Crippen molar-refractivity contribution in [3.8, 4) is 0 Å². The fourth-order valence-corrected chi connectivity index (χ4v) is 2.05. The first-order valence-electron chi connectivity index (χ1n) is 6.03. The number of benzene rings is 1. The molecule has 0 bridgehead atoms. The van der Waals surface area contributed by atoms with Gasteiger partial charge in [0, 0.05) is 5.69 Å². The van der Waals surface area contributed by atoms with E-state index in [1.165, 1.54) is 0 Å². The van der Waals surface area contributed by atoms with Gasteiger partial charge in [-0.1, -0.05) is 29.8 Å². The van der Waals surface area contributed by atoms with Crippen molar-refractivity contribution >= 4 is 23.2 Å². The number of hydrogen-bond donors (Lipinski definition) is 1. The summed E-state index contributed by atoms with van der Waals surface area (Å²) in [5.41, 5.74) is 3.74. The molecule has 0 saturated heterocycles. The molecule has 4 nitrogen and oxygen atoms in total. The fraction of sp³-hybridized carbons (Fsp3) is 0.286. The predicted octanol–water partition coefficient (Wildman–Crippen LogP) is 3.10. The average molecular weight is 278 g/mol. The van der Waals surface area contributed by atoms with Gasteiger partial charge in [-0.05, 0) is 31.9 Å².